The molecule has 0 aliphatic carbocycles. The molecule has 0 radical (unpaired) electrons. The van der Waals surface area contributed by atoms with Crippen molar-refractivity contribution in [3.05, 3.63) is 48.0 Å². The number of ether oxygens (including phenoxy) is 3. The van der Waals surface area contributed by atoms with E-state index < -0.39 is 0 Å². The average molecular weight is 412 g/mol. The Labute approximate surface area is 176 Å². The molecule has 8 nitrogen and oxygen atoms in total. The highest BCUT2D eigenvalue weighted by Gasteiger charge is 2.11. The average Bonchev–Trinajstić information content (AvgIpc) is 3.01. The van der Waals surface area contributed by atoms with Crippen LogP contribution in [0.4, 0.5) is 5.69 Å². The fourth-order valence-corrected chi connectivity index (χ4v) is 2.89. The Morgan fingerprint density at radius 1 is 1.10 bits per heavy atom. The Morgan fingerprint density at radius 3 is 2.73 bits per heavy atom. The molecule has 1 aliphatic heterocycles. The Bertz CT molecular complexity index is 885. The molecule has 0 atom stereocenters. The molecule has 30 heavy (non-hydrogen) atoms. The number of benzene rings is 2. The van der Waals surface area contributed by atoms with Crippen molar-refractivity contribution in [2.75, 3.05) is 45.3 Å². The summed E-state index contributed by atoms with van der Waals surface area (Å²) in [7, 11) is 1.57. The number of nitrogens with zero attached hydrogens (tertiary/aromatic N) is 1. The number of methoxy groups -OCH3 is 1. The van der Waals surface area contributed by atoms with Crippen LogP contribution in [0.25, 0.3) is 0 Å². The minimum absolute atomic E-state index is 0.162. The third-order valence-corrected chi connectivity index (χ3v) is 4.35. The van der Waals surface area contributed by atoms with Gasteiger partial charge in [0.25, 0.3) is 5.91 Å². The fourth-order valence-electron chi connectivity index (χ4n) is 2.89. The second kappa shape index (κ2) is 10.9. The second-order valence-corrected chi connectivity index (χ2v) is 6.59. The van der Waals surface area contributed by atoms with Gasteiger partial charge in [0.1, 0.15) is 5.75 Å². The highest BCUT2D eigenvalue weighted by Crippen LogP contribution is 2.32. The zero-order chi connectivity index (χ0) is 21.2. The lowest BCUT2D eigenvalue weighted by Crippen LogP contribution is -2.32. The van der Waals surface area contributed by atoms with Crippen molar-refractivity contribution < 1.29 is 19.0 Å². The smallest absolute Gasteiger partial charge is 0.251 e. The molecule has 0 fully saturated rings. The highest BCUT2D eigenvalue weighted by atomic mass is 16.5. The summed E-state index contributed by atoms with van der Waals surface area (Å²) in [4.78, 5) is 16.8. The molecule has 0 saturated heterocycles. The summed E-state index contributed by atoms with van der Waals surface area (Å²) in [5, 5.41) is 9.32. The molecule has 8 heteroatoms. The van der Waals surface area contributed by atoms with Crippen molar-refractivity contribution in [1.82, 2.24) is 10.6 Å². The number of carbonyl (C=O) groups excluding carboxylic acids is 1. The second-order valence-electron chi connectivity index (χ2n) is 6.59. The molecule has 0 spiro atoms. The minimum Gasteiger partial charge on any atom is -0.497 e. The molecule has 3 N–H and O–H groups in total. The van der Waals surface area contributed by atoms with E-state index in [0.717, 1.165) is 23.6 Å². The molecular formula is C22H28N4O4. The number of fused-ring (bicyclic) bond motifs is 1. The van der Waals surface area contributed by atoms with Gasteiger partial charge in [-0.05, 0) is 37.3 Å². The largest absolute Gasteiger partial charge is 0.497 e. The summed E-state index contributed by atoms with van der Waals surface area (Å²) >= 11 is 0. The van der Waals surface area contributed by atoms with E-state index in [1.165, 1.54) is 0 Å². The van der Waals surface area contributed by atoms with E-state index in [-0.39, 0.29) is 5.91 Å². The monoisotopic (exact) mass is 412 g/mol. The van der Waals surface area contributed by atoms with E-state index in [0.29, 0.717) is 50.1 Å². The van der Waals surface area contributed by atoms with Crippen molar-refractivity contribution in [3.8, 4) is 17.2 Å². The van der Waals surface area contributed by atoms with E-state index in [4.69, 9.17) is 14.2 Å². The van der Waals surface area contributed by atoms with Crippen LogP contribution in [0.5, 0.6) is 17.2 Å². The van der Waals surface area contributed by atoms with Crippen LogP contribution < -0.4 is 30.2 Å². The number of rotatable bonds is 7. The summed E-state index contributed by atoms with van der Waals surface area (Å²) in [5.74, 6) is 2.58. The fraction of sp³-hybridized carbons (Fsp3) is 0.364. The molecule has 160 valence electrons. The Balaban J connectivity index is 1.55. The summed E-state index contributed by atoms with van der Waals surface area (Å²) in [6, 6.07) is 12.7. The van der Waals surface area contributed by atoms with Gasteiger partial charge in [-0.3, -0.25) is 9.79 Å². The zero-order valence-electron chi connectivity index (χ0n) is 17.4. The standard InChI is InChI=1S/C22H28N4O4/c1-3-23-22(26-17-8-9-19-20(15-17)30-13-5-12-29-19)25-11-10-24-21(27)16-6-4-7-18(14-16)28-2/h4,6-9,14-15H,3,5,10-13H2,1-2H3,(H,24,27)(H2,23,25,26). The van der Waals surface area contributed by atoms with E-state index in [2.05, 4.69) is 20.9 Å². The van der Waals surface area contributed by atoms with Gasteiger partial charge in [0.2, 0.25) is 0 Å². The molecule has 0 aromatic heterocycles. The summed E-state index contributed by atoms with van der Waals surface area (Å²) < 4.78 is 16.5. The lowest BCUT2D eigenvalue weighted by atomic mass is 10.2. The van der Waals surface area contributed by atoms with Crippen LogP contribution in [0.2, 0.25) is 0 Å². The molecule has 1 amide bonds. The SMILES string of the molecule is CCNC(=NCCNC(=O)c1cccc(OC)c1)Nc1ccc2c(c1)OCCCO2. The van der Waals surface area contributed by atoms with Crippen LogP contribution in [-0.2, 0) is 0 Å². The number of anilines is 1. The molecular weight excluding hydrogens is 384 g/mol. The maximum atomic E-state index is 12.3. The maximum absolute atomic E-state index is 12.3. The van der Waals surface area contributed by atoms with E-state index >= 15 is 0 Å². The van der Waals surface area contributed by atoms with Gasteiger partial charge in [-0.2, -0.15) is 0 Å². The molecule has 0 saturated carbocycles. The maximum Gasteiger partial charge on any atom is 0.251 e. The minimum atomic E-state index is -0.162. The molecule has 2 aromatic carbocycles. The first-order valence-corrected chi connectivity index (χ1v) is 10.1. The third-order valence-electron chi connectivity index (χ3n) is 4.35. The first-order chi connectivity index (χ1) is 14.7. The quantitative estimate of drug-likeness (QED) is 0.368. The molecule has 3 rings (SSSR count). The number of aliphatic imine (C=N–C) groups is 1. The number of carbonyl (C=O) groups is 1. The number of amides is 1. The number of guanidine groups is 1. The zero-order valence-corrected chi connectivity index (χ0v) is 17.4. The van der Waals surface area contributed by atoms with Crippen molar-refractivity contribution >= 4 is 17.6 Å². The molecule has 1 aliphatic rings. The topological polar surface area (TPSA) is 93.2 Å². The Kier molecular flexibility index (Phi) is 7.77. The first-order valence-electron chi connectivity index (χ1n) is 10.1. The number of hydrogen-bond donors (Lipinski definition) is 3. The summed E-state index contributed by atoms with van der Waals surface area (Å²) in [5.41, 5.74) is 1.40. The van der Waals surface area contributed by atoms with Crippen LogP contribution in [0.1, 0.15) is 23.7 Å². The van der Waals surface area contributed by atoms with Crippen LogP contribution >= 0.6 is 0 Å². The van der Waals surface area contributed by atoms with Crippen molar-refractivity contribution in [3.63, 3.8) is 0 Å². The van der Waals surface area contributed by atoms with E-state index in [1.54, 1.807) is 31.4 Å². The van der Waals surface area contributed by atoms with Gasteiger partial charge in [0, 0.05) is 36.8 Å². The van der Waals surface area contributed by atoms with Gasteiger partial charge in [-0.1, -0.05) is 6.07 Å². The predicted molar refractivity (Wildman–Crippen MR) is 117 cm³/mol. The summed E-state index contributed by atoms with van der Waals surface area (Å²) in [6.07, 6.45) is 0.864. The van der Waals surface area contributed by atoms with E-state index in [1.807, 2.05) is 25.1 Å². The van der Waals surface area contributed by atoms with Gasteiger partial charge in [-0.15, -0.1) is 0 Å². The van der Waals surface area contributed by atoms with Gasteiger partial charge in [0.05, 0.1) is 26.9 Å². The van der Waals surface area contributed by atoms with Crippen LogP contribution in [-0.4, -0.2) is 51.8 Å². The van der Waals surface area contributed by atoms with Gasteiger partial charge in [0.15, 0.2) is 17.5 Å². The lowest BCUT2D eigenvalue weighted by molar-refractivity contribution is 0.0954. The first kappa shape index (κ1) is 21.3. The van der Waals surface area contributed by atoms with Crippen molar-refractivity contribution in [2.24, 2.45) is 4.99 Å². The van der Waals surface area contributed by atoms with Crippen LogP contribution in [0, 0.1) is 0 Å². The van der Waals surface area contributed by atoms with Crippen molar-refractivity contribution in [2.45, 2.75) is 13.3 Å². The third kappa shape index (κ3) is 6.04. The molecule has 2 aromatic rings. The molecule has 1 heterocycles. The molecule has 0 unspecified atom stereocenters. The molecule has 0 bridgehead atoms. The lowest BCUT2D eigenvalue weighted by Gasteiger charge is -2.14. The van der Waals surface area contributed by atoms with Crippen LogP contribution in [0.3, 0.4) is 0 Å². The number of nitrogens with one attached hydrogen (secondary N) is 3. The van der Waals surface area contributed by atoms with Gasteiger partial charge < -0.3 is 30.2 Å². The Morgan fingerprint density at radius 2 is 1.93 bits per heavy atom. The highest BCUT2D eigenvalue weighted by molar-refractivity contribution is 5.95. The Hall–Kier alpha value is -3.42. The predicted octanol–water partition coefficient (Wildman–Crippen LogP) is 2.66. The van der Waals surface area contributed by atoms with Crippen molar-refractivity contribution in [1.29, 1.82) is 0 Å². The van der Waals surface area contributed by atoms with Crippen LogP contribution in [0.15, 0.2) is 47.5 Å². The normalized spacial score (nSPS) is 13.2. The summed E-state index contributed by atoms with van der Waals surface area (Å²) in [6.45, 7) is 4.84. The van der Waals surface area contributed by atoms with Gasteiger partial charge in [-0.25, -0.2) is 0 Å². The number of hydrogen-bond acceptors (Lipinski definition) is 5. The van der Waals surface area contributed by atoms with Gasteiger partial charge >= 0.3 is 0 Å². The van der Waals surface area contributed by atoms with E-state index in [9.17, 15) is 4.79 Å².